The zero-order chi connectivity index (χ0) is 8.85. The third-order valence-electron chi connectivity index (χ3n) is 2.21. The molecule has 0 aliphatic rings. The van der Waals surface area contributed by atoms with Gasteiger partial charge in [0.2, 0.25) is 0 Å². The minimum atomic E-state index is -0.159. The quantitative estimate of drug-likeness (QED) is 0.631. The van der Waals surface area contributed by atoms with Gasteiger partial charge in [-0.3, -0.25) is 0 Å². The fraction of sp³-hybridized carbons (Fsp3) is 0.818. The molecule has 0 heterocycles. The summed E-state index contributed by atoms with van der Waals surface area (Å²) in [4.78, 5) is 0. The van der Waals surface area contributed by atoms with Gasteiger partial charge in [-0.25, -0.2) is 0 Å². The maximum Gasteiger partial charge on any atom is 0.0571 e. The van der Waals surface area contributed by atoms with Gasteiger partial charge in [-0.05, 0) is 24.7 Å². The summed E-state index contributed by atoms with van der Waals surface area (Å²) in [6.07, 6.45) is 3.50. The van der Waals surface area contributed by atoms with E-state index in [2.05, 4.69) is 20.4 Å². The fourth-order valence-corrected chi connectivity index (χ4v) is 1.37. The monoisotopic (exact) mass is 172 g/mol. The predicted octanol–water partition coefficient (Wildman–Crippen LogP) is 3.24. The van der Waals surface area contributed by atoms with E-state index in [9.17, 15) is 5.11 Å². The Kier molecular flexibility index (Phi) is 8.73. The topological polar surface area (TPSA) is 20.2 Å². The van der Waals surface area contributed by atoms with Crippen molar-refractivity contribution in [1.29, 1.82) is 0 Å². The number of hydrogen-bond donors (Lipinski definition) is 1. The molecule has 0 aromatic heterocycles. The van der Waals surface area contributed by atoms with Crippen molar-refractivity contribution in [2.45, 2.75) is 47.1 Å². The Hall–Kier alpha value is -0.300. The summed E-state index contributed by atoms with van der Waals surface area (Å²) in [6, 6.07) is 0. The summed E-state index contributed by atoms with van der Waals surface area (Å²) < 4.78 is 0. The minimum Gasteiger partial charge on any atom is -0.393 e. The van der Waals surface area contributed by atoms with Gasteiger partial charge in [0, 0.05) is 0 Å². The zero-order valence-electron chi connectivity index (χ0n) is 7.88. The lowest BCUT2D eigenvalue weighted by atomic mass is 9.86. The first-order valence-electron chi connectivity index (χ1n) is 4.42. The first-order chi connectivity index (χ1) is 5.13. The van der Waals surface area contributed by atoms with E-state index in [1.807, 2.05) is 13.0 Å². The van der Waals surface area contributed by atoms with Crippen LogP contribution in [0.3, 0.4) is 0 Å². The Bertz CT molecular complexity index is 108. The van der Waals surface area contributed by atoms with Crippen LogP contribution in [0.2, 0.25) is 0 Å². The molecule has 0 saturated carbocycles. The van der Waals surface area contributed by atoms with Gasteiger partial charge in [0.1, 0.15) is 0 Å². The summed E-state index contributed by atoms with van der Waals surface area (Å²) in [5.74, 6) is 0.931. The summed E-state index contributed by atoms with van der Waals surface area (Å²) >= 11 is 0. The molecule has 0 rings (SSSR count). The molecule has 0 spiro atoms. The van der Waals surface area contributed by atoms with Gasteiger partial charge in [0.25, 0.3) is 0 Å². The van der Waals surface area contributed by atoms with Gasteiger partial charge < -0.3 is 5.11 Å². The fourth-order valence-electron chi connectivity index (χ4n) is 1.37. The van der Waals surface area contributed by atoms with Crippen molar-refractivity contribution >= 4 is 0 Å². The Labute approximate surface area is 77.5 Å². The molecule has 0 unspecified atom stereocenters. The Morgan fingerprint density at radius 2 is 1.92 bits per heavy atom. The normalized spacial score (nSPS) is 15.1. The van der Waals surface area contributed by atoms with Crippen molar-refractivity contribution in [1.82, 2.24) is 0 Å². The second-order valence-electron chi connectivity index (χ2n) is 3.41. The van der Waals surface area contributed by atoms with Gasteiger partial charge >= 0.3 is 0 Å². The lowest BCUT2D eigenvalue weighted by molar-refractivity contribution is 0.0796. The number of aliphatic hydroxyl groups excluding tert-OH is 1. The number of rotatable bonds is 5. The summed E-state index contributed by atoms with van der Waals surface area (Å²) in [6.45, 7) is 10.00. The number of hydrogen-bond acceptors (Lipinski definition) is 1. The van der Waals surface area contributed by atoms with E-state index in [0.717, 1.165) is 12.8 Å². The summed E-state index contributed by atoms with van der Waals surface area (Å²) in [5.41, 5.74) is 0. The molecular formula is C11H24O. The second kappa shape index (κ2) is 7.35. The minimum absolute atomic E-state index is 0. The molecule has 0 aliphatic carbocycles. The van der Waals surface area contributed by atoms with Crippen LogP contribution in [0, 0.1) is 11.8 Å². The predicted molar refractivity (Wildman–Crippen MR) is 56.2 cm³/mol. The Balaban J connectivity index is 0. The van der Waals surface area contributed by atoms with Crippen molar-refractivity contribution in [2.75, 3.05) is 0 Å². The van der Waals surface area contributed by atoms with Crippen LogP contribution in [-0.2, 0) is 0 Å². The largest absolute Gasteiger partial charge is 0.393 e. The molecular weight excluding hydrogens is 148 g/mol. The van der Waals surface area contributed by atoms with Crippen LogP contribution in [0.15, 0.2) is 12.7 Å². The SMILES string of the molecule is C.C=CC[C@@H](C(C)C)[C@@H](O)CC. The molecule has 0 radical (unpaired) electrons. The van der Waals surface area contributed by atoms with Crippen LogP contribution in [-0.4, -0.2) is 11.2 Å². The number of allylic oxidation sites excluding steroid dienone is 1. The molecule has 0 aliphatic heterocycles. The standard InChI is InChI=1S/C10H20O.CH4/c1-5-7-9(8(3)4)10(11)6-2;/h5,8-11H,1,6-7H2,2-4H3;1H4/t9-,10-;/m0./s1. The van der Waals surface area contributed by atoms with Crippen molar-refractivity contribution in [2.24, 2.45) is 11.8 Å². The molecule has 12 heavy (non-hydrogen) atoms. The van der Waals surface area contributed by atoms with E-state index in [4.69, 9.17) is 0 Å². The van der Waals surface area contributed by atoms with Crippen molar-refractivity contribution in [3.05, 3.63) is 12.7 Å². The highest BCUT2D eigenvalue weighted by atomic mass is 16.3. The lowest BCUT2D eigenvalue weighted by Gasteiger charge is -2.24. The Morgan fingerprint density at radius 3 is 2.17 bits per heavy atom. The average molecular weight is 172 g/mol. The first kappa shape index (κ1) is 14.2. The number of aliphatic hydroxyl groups is 1. The van der Waals surface area contributed by atoms with Crippen molar-refractivity contribution < 1.29 is 5.11 Å². The van der Waals surface area contributed by atoms with Crippen molar-refractivity contribution in [3.63, 3.8) is 0 Å². The molecule has 0 bridgehead atoms. The molecule has 1 N–H and O–H groups in total. The molecule has 0 aromatic rings. The van der Waals surface area contributed by atoms with Gasteiger partial charge in [0.05, 0.1) is 6.10 Å². The van der Waals surface area contributed by atoms with Crippen LogP contribution in [0.25, 0.3) is 0 Å². The van der Waals surface area contributed by atoms with E-state index >= 15 is 0 Å². The maximum absolute atomic E-state index is 9.57. The molecule has 0 amide bonds. The molecule has 2 atom stereocenters. The van der Waals surface area contributed by atoms with Crippen LogP contribution >= 0.6 is 0 Å². The molecule has 0 fully saturated rings. The van der Waals surface area contributed by atoms with E-state index in [1.165, 1.54) is 0 Å². The maximum atomic E-state index is 9.57. The highest BCUT2D eigenvalue weighted by Gasteiger charge is 2.19. The molecule has 74 valence electrons. The van der Waals surface area contributed by atoms with Gasteiger partial charge in [0.15, 0.2) is 0 Å². The van der Waals surface area contributed by atoms with Crippen LogP contribution < -0.4 is 0 Å². The van der Waals surface area contributed by atoms with Crippen LogP contribution in [0.4, 0.5) is 0 Å². The first-order valence-corrected chi connectivity index (χ1v) is 4.42. The molecule has 1 nitrogen and oxygen atoms in total. The summed E-state index contributed by atoms with van der Waals surface area (Å²) in [7, 11) is 0. The van der Waals surface area contributed by atoms with Crippen LogP contribution in [0.5, 0.6) is 0 Å². The highest BCUT2D eigenvalue weighted by Crippen LogP contribution is 2.21. The highest BCUT2D eigenvalue weighted by molar-refractivity contribution is 4.79. The lowest BCUT2D eigenvalue weighted by Crippen LogP contribution is -2.23. The van der Waals surface area contributed by atoms with E-state index in [-0.39, 0.29) is 13.5 Å². The van der Waals surface area contributed by atoms with Gasteiger partial charge in [-0.1, -0.05) is 34.3 Å². The smallest absolute Gasteiger partial charge is 0.0571 e. The third kappa shape index (κ3) is 4.55. The molecule has 0 saturated heterocycles. The van der Waals surface area contributed by atoms with E-state index in [0.29, 0.717) is 11.8 Å². The van der Waals surface area contributed by atoms with Crippen molar-refractivity contribution in [3.8, 4) is 0 Å². The third-order valence-corrected chi connectivity index (χ3v) is 2.21. The molecule has 0 aromatic carbocycles. The Morgan fingerprint density at radius 1 is 1.42 bits per heavy atom. The zero-order valence-corrected chi connectivity index (χ0v) is 7.88. The second-order valence-corrected chi connectivity index (χ2v) is 3.41. The van der Waals surface area contributed by atoms with E-state index in [1.54, 1.807) is 0 Å². The van der Waals surface area contributed by atoms with Gasteiger partial charge in [-0.2, -0.15) is 0 Å². The van der Waals surface area contributed by atoms with Gasteiger partial charge in [-0.15, -0.1) is 6.58 Å². The summed E-state index contributed by atoms with van der Waals surface area (Å²) in [5, 5.41) is 9.57. The van der Waals surface area contributed by atoms with Crippen LogP contribution in [0.1, 0.15) is 41.0 Å². The molecule has 1 heteroatoms. The average Bonchev–Trinajstić information content (AvgIpc) is 1.98. The van der Waals surface area contributed by atoms with E-state index < -0.39 is 0 Å².